The first-order valence-electron chi connectivity index (χ1n) is 13.3. The maximum atomic E-state index is 13.2. The molecule has 2 aliphatic rings. The average Bonchev–Trinajstić information content (AvgIpc) is 3.32. The van der Waals surface area contributed by atoms with Gasteiger partial charge in [0.15, 0.2) is 5.78 Å². The number of benzene rings is 1. The van der Waals surface area contributed by atoms with Crippen molar-refractivity contribution in [2.24, 2.45) is 17.8 Å². The van der Waals surface area contributed by atoms with Gasteiger partial charge in [-0.2, -0.15) is 0 Å². The summed E-state index contributed by atoms with van der Waals surface area (Å²) in [6, 6.07) is 7.09. The number of nitrogens with zero attached hydrogens (tertiary/aromatic N) is 1. The highest BCUT2D eigenvalue weighted by molar-refractivity contribution is 6.03. The number of hydrogen-bond donors (Lipinski definition) is 3. The van der Waals surface area contributed by atoms with E-state index < -0.39 is 12.5 Å². The number of rotatable bonds is 12. The Morgan fingerprint density at radius 3 is 2.54 bits per heavy atom. The van der Waals surface area contributed by atoms with Crippen LogP contribution < -0.4 is 0 Å². The zero-order valence-electron chi connectivity index (χ0n) is 22.4. The number of ketones is 3. The Morgan fingerprint density at radius 1 is 1.13 bits per heavy atom. The Morgan fingerprint density at radius 2 is 1.87 bits per heavy atom. The molecule has 0 bridgehead atoms. The van der Waals surface area contributed by atoms with E-state index >= 15 is 0 Å². The number of phenolic OH excluding ortho intramolecular Hbond substituents is 1. The lowest BCUT2D eigenvalue weighted by atomic mass is 9.72. The van der Waals surface area contributed by atoms with E-state index in [1.54, 1.807) is 6.07 Å². The van der Waals surface area contributed by atoms with E-state index in [-0.39, 0.29) is 69.1 Å². The molecule has 3 unspecified atom stereocenters. The van der Waals surface area contributed by atoms with Crippen molar-refractivity contribution in [1.82, 2.24) is 4.90 Å². The van der Waals surface area contributed by atoms with Crippen molar-refractivity contribution in [3.05, 3.63) is 41.2 Å². The van der Waals surface area contributed by atoms with Crippen molar-refractivity contribution in [3.8, 4) is 17.1 Å². The number of hydrogen-bond acceptors (Lipinski definition) is 9. The van der Waals surface area contributed by atoms with Crippen molar-refractivity contribution >= 4 is 17.3 Å². The third kappa shape index (κ3) is 7.40. The van der Waals surface area contributed by atoms with Gasteiger partial charge >= 0.3 is 0 Å². The summed E-state index contributed by atoms with van der Waals surface area (Å²) in [5, 5.41) is 30.2. The molecule has 1 aliphatic carbocycles. The number of phenols is 1. The second-order valence-corrected chi connectivity index (χ2v) is 10.5. The zero-order chi connectivity index (χ0) is 27.2. The first-order chi connectivity index (χ1) is 18.3. The molecule has 2 aromatic rings. The third-order valence-corrected chi connectivity index (χ3v) is 7.69. The summed E-state index contributed by atoms with van der Waals surface area (Å²) in [4.78, 5) is 39.6. The molecule has 1 aliphatic heterocycles. The second kappa shape index (κ2) is 14.0. The molecule has 3 atom stereocenters. The molecule has 1 fully saturated rings. The number of ether oxygens (including phenoxy) is 1. The zero-order valence-corrected chi connectivity index (χ0v) is 22.4. The quantitative estimate of drug-likeness (QED) is 0.337. The van der Waals surface area contributed by atoms with Gasteiger partial charge in [0.1, 0.15) is 28.8 Å². The molecule has 1 saturated heterocycles. The minimum Gasteiger partial charge on any atom is -0.507 e. The summed E-state index contributed by atoms with van der Waals surface area (Å²) < 4.78 is 11.6. The van der Waals surface area contributed by atoms with Crippen molar-refractivity contribution in [1.29, 1.82) is 0 Å². The largest absolute Gasteiger partial charge is 0.507 e. The smallest absolute Gasteiger partial charge is 0.167 e. The molecule has 39 heavy (non-hydrogen) atoms. The van der Waals surface area contributed by atoms with Gasteiger partial charge in [0.05, 0.1) is 38.3 Å². The standard InChI is InChI=1S/C29H37NO8.H2O.2H2/c1-18(33)12-26(35)24(17-32)20(6-9-31)13-19-14-23-22(3-4-25(34)29(23)27(36)15-19)28-5-2-21(38-28)16-30-7-10-37-11-8-30;;;/h2-5,19-20,24,31-32,34H,6-17H2,1H3;1H2;2*1H. The minimum absolute atomic E-state index is 0. The minimum atomic E-state index is -0.779. The molecular weight excluding hydrogens is 506 g/mol. The predicted octanol–water partition coefficient (Wildman–Crippen LogP) is 2.44. The summed E-state index contributed by atoms with van der Waals surface area (Å²) in [5.74, 6) is -0.755. The van der Waals surface area contributed by atoms with Crippen molar-refractivity contribution < 1.29 is 47.2 Å². The average molecular weight is 550 g/mol. The van der Waals surface area contributed by atoms with Gasteiger partial charge < -0.3 is 29.9 Å². The maximum Gasteiger partial charge on any atom is 0.167 e. The number of aromatic hydroxyl groups is 1. The molecule has 5 N–H and O–H groups in total. The number of aliphatic hydroxyl groups is 2. The van der Waals surface area contributed by atoms with Gasteiger partial charge in [-0.25, -0.2) is 0 Å². The fourth-order valence-corrected chi connectivity index (χ4v) is 5.84. The third-order valence-electron chi connectivity index (χ3n) is 7.69. The molecule has 0 radical (unpaired) electrons. The number of fused-ring (bicyclic) bond motifs is 1. The lowest BCUT2D eigenvalue weighted by molar-refractivity contribution is -0.131. The molecule has 10 nitrogen and oxygen atoms in total. The molecule has 1 aromatic carbocycles. The molecule has 2 heterocycles. The number of aliphatic hydroxyl groups excluding tert-OH is 2. The van der Waals surface area contributed by atoms with Gasteiger partial charge in [-0.1, -0.05) is 0 Å². The summed E-state index contributed by atoms with van der Waals surface area (Å²) in [6.07, 6.45) is 1.11. The predicted molar refractivity (Wildman–Crippen MR) is 147 cm³/mol. The van der Waals surface area contributed by atoms with Gasteiger partial charge in [-0.3, -0.25) is 19.3 Å². The van der Waals surface area contributed by atoms with Crippen LogP contribution in [0.2, 0.25) is 0 Å². The Labute approximate surface area is 230 Å². The maximum absolute atomic E-state index is 13.2. The Balaban J connectivity index is 0.00000280. The molecule has 0 saturated carbocycles. The number of Topliss-reactive ketones (excluding diaryl/α,β-unsaturated/α-hetero) is 3. The van der Waals surface area contributed by atoms with Crippen LogP contribution in [0.25, 0.3) is 11.3 Å². The summed E-state index contributed by atoms with van der Waals surface area (Å²) in [5.41, 5.74) is 1.75. The van der Waals surface area contributed by atoms with E-state index in [1.165, 1.54) is 13.0 Å². The van der Waals surface area contributed by atoms with E-state index in [4.69, 9.17) is 9.15 Å². The topological polar surface area (TPSA) is 169 Å². The number of morpholine rings is 1. The van der Waals surface area contributed by atoms with E-state index in [2.05, 4.69) is 4.90 Å². The van der Waals surface area contributed by atoms with Crippen molar-refractivity contribution in [2.45, 2.75) is 45.6 Å². The lowest BCUT2D eigenvalue weighted by Crippen LogP contribution is -2.35. The van der Waals surface area contributed by atoms with Crippen LogP contribution in [0.4, 0.5) is 0 Å². The second-order valence-electron chi connectivity index (χ2n) is 10.5. The molecule has 1 aromatic heterocycles. The van der Waals surface area contributed by atoms with Gasteiger partial charge in [-0.05, 0) is 67.9 Å². The first kappa shape index (κ1) is 30.6. The molecule has 218 valence electrons. The Kier molecular flexibility index (Phi) is 11.0. The Bertz CT molecular complexity index is 1160. The first-order valence-corrected chi connectivity index (χ1v) is 13.3. The SMILES string of the molecule is CC(=O)CC(=O)C(CO)C(CCO)CC1CC(=O)c2c(O)ccc(-c3ccc(CN4CCOCC4)o3)c2C1.O.[HH].[HH]. The molecule has 4 rings (SSSR count). The van der Waals surface area contributed by atoms with Crippen LogP contribution in [0.1, 0.15) is 57.1 Å². The van der Waals surface area contributed by atoms with Gasteiger partial charge in [0, 0.05) is 40.5 Å². The van der Waals surface area contributed by atoms with Crippen LogP contribution in [0.5, 0.6) is 5.75 Å². The molecule has 0 amide bonds. The normalized spacial score (nSPS) is 19.2. The van der Waals surface area contributed by atoms with Crippen LogP contribution in [-0.2, 0) is 27.3 Å². The summed E-state index contributed by atoms with van der Waals surface area (Å²) in [6.45, 7) is 4.45. The molecular formula is C29H43NO9. The number of carbonyl (C=O) groups is 3. The monoisotopic (exact) mass is 549 g/mol. The van der Waals surface area contributed by atoms with Crippen molar-refractivity contribution in [3.63, 3.8) is 0 Å². The van der Waals surface area contributed by atoms with Crippen LogP contribution in [-0.4, -0.2) is 82.6 Å². The number of furan rings is 1. The fourth-order valence-electron chi connectivity index (χ4n) is 5.84. The van der Waals surface area contributed by atoms with Gasteiger partial charge in [0.25, 0.3) is 0 Å². The highest BCUT2D eigenvalue weighted by Gasteiger charge is 2.35. The van der Waals surface area contributed by atoms with Crippen LogP contribution in [0.3, 0.4) is 0 Å². The molecule has 0 spiro atoms. The number of carbonyl (C=O) groups excluding carboxylic acids is 3. The summed E-state index contributed by atoms with van der Waals surface area (Å²) >= 11 is 0. The lowest BCUT2D eigenvalue weighted by Gasteiger charge is -2.31. The van der Waals surface area contributed by atoms with E-state index in [1.807, 2.05) is 12.1 Å². The fraction of sp³-hybridized carbons (Fsp3) is 0.552. The van der Waals surface area contributed by atoms with Crippen molar-refractivity contribution in [2.75, 3.05) is 39.5 Å². The molecule has 10 heteroatoms. The van der Waals surface area contributed by atoms with E-state index in [0.29, 0.717) is 49.5 Å². The van der Waals surface area contributed by atoms with Crippen LogP contribution in [0, 0.1) is 17.8 Å². The Hall–Kier alpha value is -2.89. The van der Waals surface area contributed by atoms with E-state index in [9.17, 15) is 29.7 Å². The van der Waals surface area contributed by atoms with Crippen LogP contribution >= 0.6 is 0 Å². The highest BCUT2D eigenvalue weighted by Crippen LogP contribution is 2.41. The van der Waals surface area contributed by atoms with Crippen LogP contribution in [0.15, 0.2) is 28.7 Å². The highest BCUT2D eigenvalue weighted by atomic mass is 16.5. The van der Waals surface area contributed by atoms with Gasteiger partial charge in [0.2, 0.25) is 0 Å². The van der Waals surface area contributed by atoms with E-state index in [0.717, 1.165) is 24.4 Å². The summed E-state index contributed by atoms with van der Waals surface area (Å²) in [7, 11) is 0. The van der Waals surface area contributed by atoms with Gasteiger partial charge in [-0.15, -0.1) is 0 Å².